The van der Waals surface area contributed by atoms with Crippen LogP contribution in [0.4, 0.5) is 0 Å². The predicted molar refractivity (Wildman–Crippen MR) is 74.4 cm³/mol. The van der Waals surface area contributed by atoms with Gasteiger partial charge in [0.2, 0.25) is 5.91 Å². The second-order valence-electron chi connectivity index (χ2n) is 5.68. The first kappa shape index (κ1) is 15.7. The Morgan fingerprint density at radius 3 is 2.80 bits per heavy atom. The zero-order chi connectivity index (χ0) is 14.4. The minimum absolute atomic E-state index is 0.0132. The van der Waals surface area contributed by atoms with Crippen LogP contribution < -0.4 is 5.32 Å². The monoisotopic (exact) mass is 286 g/mol. The number of hydrogen-bond donors (Lipinski definition) is 2. The number of methoxy groups -OCH3 is 1. The van der Waals surface area contributed by atoms with Gasteiger partial charge in [-0.1, -0.05) is 0 Å². The quantitative estimate of drug-likeness (QED) is 0.720. The molecular weight excluding hydrogens is 260 g/mol. The summed E-state index contributed by atoms with van der Waals surface area (Å²) in [5, 5.41) is 12.5. The molecule has 0 aromatic rings. The summed E-state index contributed by atoms with van der Waals surface area (Å²) in [7, 11) is 1.51. The van der Waals surface area contributed by atoms with Crippen LogP contribution in [0.15, 0.2) is 0 Å². The van der Waals surface area contributed by atoms with Gasteiger partial charge in [0.05, 0.1) is 0 Å². The van der Waals surface area contributed by atoms with Gasteiger partial charge in [-0.05, 0) is 25.8 Å². The van der Waals surface area contributed by atoms with E-state index in [1.54, 1.807) is 0 Å². The smallest absolute Gasteiger partial charge is 0.246 e. The Morgan fingerprint density at radius 1 is 1.40 bits per heavy atom. The number of nitrogens with zero attached hydrogens (tertiary/aromatic N) is 1. The van der Waals surface area contributed by atoms with Crippen molar-refractivity contribution in [2.45, 2.75) is 31.3 Å². The Kier molecular flexibility index (Phi) is 6.22. The molecule has 2 rings (SSSR count). The molecule has 2 atom stereocenters. The highest BCUT2D eigenvalue weighted by Gasteiger charge is 2.33. The summed E-state index contributed by atoms with van der Waals surface area (Å²) in [6, 6.07) is 0.560. The lowest BCUT2D eigenvalue weighted by atomic mass is 9.90. The SMILES string of the molecule is COCC(=O)N[C@@H]1CN(C2CCOCC2)CC[C@@H]1CO. The number of rotatable bonds is 5. The molecule has 0 unspecified atom stereocenters. The Bertz CT molecular complexity index is 308. The van der Waals surface area contributed by atoms with Gasteiger partial charge in [0.1, 0.15) is 6.61 Å². The average Bonchev–Trinajstić information content (AvgIpc) is 2.48. The number of amides is 1. The van der Waals surface area contributed by atoms with E-state index in [0.717, 1.165) is 45.6 Å². The van der Waals surface area contributed by atoms with Gasteiger partial charge in [0.15, 0.2) is 0 Å². The highest BCUT2D eigenvalue weighted by atomic mass is 16.5. The van der Waals surface area contributed by atoms with E-state index < -0.39 is 0 Å². The van der Waals surface area contributed by atoms with Crippen LogP contribution in [0.5, 0.6) is 0 Å². The largest absolute Gasteiger partial charge is 0.396 e. The Balaban J connectivity index is 1.90. The maximum Gasteiger partial charge on any atom is 0.246 e. The average molecular weight is 286 g/mol. The van der Waals surface area contributed by atoms with E-state index >= 15 is 0 Å². The second-order valence-corrected chi connectivity index (χ2v) is 5.68. The van der Waals surface area contributed by atoms with Crippen LogP contribution in [0.3, 0.4) is 0 Å². The normalized spacial score (nSPS) is 29.3. The fourth-order valence-corrected chi connectivity index (χ4v) is 3.17. The van der Waals surface area contributed by atoms with Crippen molar-refractivity contribution >= 4 is 5.91 Å². The predicted octanol–water partition coefficient (Wildman–Crippen LogP) is -0.389. The first-order chi connectivity index (χ1) is 9.74. The van der Waals surface area contributed by atoms with Crippen molar-refractivity contribution in [1.82, 2.24) is 10.2 Å². The van der Waals surface area contributed by atoms with Gasteiger partial charge in [-0.2, -0.15) is 0 Å². The lowest BCUT2D eigenvalue weighted by molar-refractivity contribution is -0.126. The van der Waals surface area contributed by atoms with Crippen LogP contribution in [-0.4, -0.2) is 74.6 Å². The summed E-state index contributed by atoms with van der Waals surface area (Å²) in [6.45, 7) is 3.65. The Morgan fingerprint density at radius 2 is 2.15 bits per heavy atom. The summed E-state index contributed by atoms with van der Waals surface area (Å²) < 4.78 is 10.3. The lowest BCUT2D eigenvalue weighted by Crippen LogP contribution is -2.57. The third kappa shape index (κ3) is 4.15. The zero-order valence-electron chi connectivity index (χ0n) is 12.2. The maximum atomic E-state index is 11.7. The van der Waals surface area contributed by atoms with Gasteiger partial charge in [-0.15, -0.1) is 0 Å². The highest BCUT2D eigenvalue weighted by Crippen LogP contribution is 2.23. The topological polar surface area (TPSA) is 71.0 Å². The molecule has 2 N–H and O–H groups in total. The lowest BCUT2D eigenvalue weighted by Gasteiger charge is -2.43. The molecule has 2 aliphatic rings. The molecule has 0 aromatic carbocycles. The number of aliphatic hydroxyl groups is 1. The van der Waals surface area contributed by atoms with Crippen LogP contribution in [0.2, 0.25) is 0 Å². The number of carbonyl (C=O) groups excluding carboxylic acids is 1. The summed E-state index contributed by atoms with van der Waals surface area (Å²) >= 11 is 0. The molecule has 0 radical (unpaired) electrons. The van der Waals surface area contributed by atoms with Gasteiger partial charge in [0.25, 0.3) is 0 Å². The Labute approximate surface area is 120 Å². The maximum absolute atomic E-state index is 11.7. The van der Waals surface area contributed by atoms with Crippen LogP contribution >= 0.6 is 0 Å². The van der Waals surface area contributed by atoms with E-state index in [2.05, 4.69) is 10.2 Å². The van der Waals surface area contributed by atoms with Gasteiger partial charge in [-0.3, -0.25) is 9.69 Å². The second kappa shape index (κ2) is 7.93. The molecule has 2 heterocycles. The molecule has 2 saturated heterocycles. The molecule has 0 spiro atoms. The van der Waals surface area contributed by atoms with Crippen molar-refractivity contribution in [2.24, 2.45) is 5.92 Å². The fraction of sp³-hybridized carbons (Fsp3) is 0.929. The van der Waals surface area contributed by atoms with Crippen LogP contribution in [-0.2, 0) is 14.3 Å². The molecule has 2 aliphatic heterocycles. The summed E-state index contributed by atoms with van der Waals surface area (Å²) in [6.07, 6.45) is 3.04. The van der Waals surface area contributed by atoms with Crippen molar-refractivity contribution in [3.63, 3.8) is 0 Å². The molecule has 6 heteroatoms. The molecule has 0 aromatic heterocycles. The van der Waals surface area contributed by atoms with Gasteiger partial charge >= 0.3 is 0 Å². The molecule has 20 heavy (non-hydrogen) atoms. The molecular formula is C14H26N2O4. The number of hydrogen-bond acceptors (Lipinski definition) is 5. The number of likely N-dealkylation sites (tertiary alicyclic amines) is 1. The van der Waals surface area contributed by atoms with Crippen LogP contribution in [0, 0.1) is 5.92 Å². The fourth-order valence-electron chi connectivity index (χ4n) is 3.17. The first-order valence-electron chi connectivity index (χ1n) is 7.45. The molecule has 1 amide bonds. The van der Waals surface area contributed by atoms with Crippen molar-refractivity contribution in [2.75, 3.05) is 46.6 Å². The van der Waals surface area contributed by atoms with Gasteiger partial charge in [0, 0.05) is 51.5 Å². The number of aliphatic hydroxyl groups excluding tert-OH is 1. The van der Waals surface area contributed by atoms with Crippen LogP contribution in [0.25, 0.3) is 0 Å². The third-order valence-corrected chi connectivity index (χ3v) is 4.35. The van der Waals surface area contributed by atoms with Crippen LogP contribution in [0.1, 0.15) is 19.3 Å². The van der Waals surface area contributed by atoms with Crippen molar-refractivity contribution in [3.8, 4) is 0 Å². The first-order valence-corrected chi connectivity index (χ1v) is 7.45. The molecule has 116 valence electrons. The number of piperidine rings is 1. The molecule has 0 bridgehead atoms. The van der Waals surface area contributed by atoms with E-state index in [-0.39, 0.29) is 31.1 Å². The number of carbonyl (C=O) groups is 1. The van der Waals surface area contributed by atoms with Gasteiger partial charge in [-0.25, -0.2) is 0 Å². The zero-order valence-corrected chi connectivity index (χ0v) is 12.2. The van der Waals surface area contributed by atoms with Crippen molar-refractivity contribution in [1.29, 1.82) is 0 Å². The molecule has 0 saturated carbocycles. The van der Waals surface area contributed by atoms with E-state index in [9.17, 15) is 9.90 Å². The standard InChI is InChI=1S/C14H26N2O4/c1-19-10-14(18)15-13-8-16(5-2-11(13)9-17)12-3-6-20-7-4-12/h11-13,17H,2-10H2,1H3,(H,15,18)/t11-,13-/m1/s1. The van der Waals surface area contributed by atoms with E-state index in [4.69, 9.17) is 9.47 Å². The molecule has 0 aliphatic carbocycles. The van der Waals surface area contributed by atoms with E-state index in [0.29, 0.717) is 6.04 Å². The number of nitrogens with one attached hydrogen (secondary N) is 1. The van der Waals surface area contributed by atoms with Crippen molar-refractivity contribution in [3.05, 3.63) is 0 Å². The molecule has 2 fully saturated rings. The minimum Gasteiger partial charge on any atom is -0.396 e. The summed E-state index contributed by atoms with van der Waals surface area (Å²) in [5.41, 5.74) is 0. The highest BCUT2D eigenvalue weighted by molar-refractivity contribution is 5.77. The Hall–Kier alpha value is -0.690. The third-order valence-electron chi connectivity index (χ3n) is 4.35. The number of ether oxygens (including phenoxy) is 2. The summed E-state index contributed by atoms with van der Waals surface area (Å²) in [4.78, 5) is 14.1. The van der Waals surface area contributed by atoms with E-state index in [1.165, 1.54) is 7.11 Å². The van der Waals surface area contributed by atoms with E-state index in [1.807, 2.05) is 0 Å². The summed E-state index contributed by atoms with van der Waals surface area (Å²) in [5.74, 6) is 0.0386. The minimum atomic E-state index is -0.107. The van der Waals surface area contributed by atoms with Gasteiger partial charge < -0.3 is 19.9 Å². The van der Waals surface area contributed by atoms with Crippen molar-refractivity contribution < 1.29 is 19.4 Å². The molecule has 6 nitrogen and oxygen atoms in total.